The number of hydrogen-bond donors (Lipinski definition) is 3. The van der Waals surface area contributed by atoms with Crippen LogP contribution in [-0.4, -0.2) is 77.6 Å². The van der Waals surface area contributed by atoms with Gasteiger partial charge in [-0.15, -0.1) is 0 Å². The molecule has 1 saturated carbocycles. The topological polar surface area (TPSA) is 108 Å². The number of para-hydroxylation sites is 1. The maximum absolute atomic E-state index is 13.6. The van der Waals surface area contributed by atoms with Gasteiger partial charge < -0.3 is 29.9 Å². The maximum Gasteiger partial charge on any atom is 0.247 e. The number of amides is 2. The lowest BCUT2D eigenvalue weighted by molar-refractivity contribution is -0.139. The molecular weight excluding hydrogens is 460 g/mol. The predicted molar refractivity (Wildman–Crippen MR) is 133 cm³/mol. The highest BCUT2D eigenvalue weighted by atomic mass is 16.5. The number of benzene rings is 1. The summed E-state index contributed by atoms with van der Waals surface area (Å²) in [6, 6.07) is 6.82. The molecule has 0 radical (unpaired) electrons. The number of hydrogen-bond acceptors (Lipinski definition) is 6. The van der Waals surface area contributed by atoms with E-state index < -0.39 is 24.2 Å². The van der Waals surface area contributed by atoms with Crippen LogP contribution in [0.2, 0.25) is 0 Å². The fourth-order valence-corrected chi connectivity index (χ4v) is 6.36. The zero-order valence-electron chi connectivity index (χ0n) is 20.8. The van der Waals surface area contributed by atoms with Crippen LogP contribution in [0.4, 0.5) is 0 Å². The van der Waals surface area contributed by atoms with Gasteiger partial charge in [0.2, 0.25) is 11.8 Å². The molecule has 3 N–H and O–H groups in total. The average Bonchev–Trinajstić information content (AvgIpc) is 3.66. The molecule has 0 spiro atoms. The standard InChI is InChI=1S/C28H38N2O6/c31-14-13-29-28(34)21-16-22(26(33)27-25(21)20-9-3-4-10-23(20)36-27)30(17-19-8-5-15-35-19)24(32)12-11-18-6-1-2-7-18/h3-4,9-10,16,18-19,22,25-27,31,33H,1-2,5-8,11-15,17H2,(H,29,34). The molecular formula is C28H38N2O6. The summed E-state index contributed by atoms with van der Waals surface area (Å²) >= 11 is 0. The number of fused-ring (bicyclic) bond motifs is 3. The van der Waals surface area contributed by atoms with E-state index in [0.29, 0.717) is 36.8 Å². The first-order valence-electron chi connectivity index (χ1n) is 13.5. The number of nitrogens with one attached hydrogen (secondary N) is 1. The van der Waals surface area contributed by atoms with Gasteiger partial charge in [0, 0.05) is 37.3 Å². The third-order valence-corrected chi connectivity index (χ3v) is 8.22. The molecule has 8 nitrogen and oxygen atoms in total. The molecule has 5 unspecified atom stereocenters. The predicted octanol–water partition coefficient (Wildman–Crippen LogP) is 2.29. The summed E-state index contributed by atoms with van der Waals surface area (Å²) in [4.78, 5) is 28.6. The van der Waals surface area contributed by atoms with E-state index in [9.17, 15) is 19.8 Å². The molecule has 196 valence electrons. The minimum Gasteiger partial charge on any atom is -0.486 e. The highest BCUT2D eigenvalue weighted by Gasteiger charge is 2.50. The van der Waals surface area contributed by atoms with Crippen molar-refractivity contribution in [2.45, 2.75) is 81.6 Å². The van der Waals surface area contributed by atoms with Crippen LogP contribution in [0.1, 0.15) is 62.8 Å². The molecule has 4 aliphatic rings. The highest BCUT2D eigenvalue weighted by molar-refractivity contribution is 5.96. The average molecular weight is 499 g/mol. The minimum atomic E-state index is -0.992. The van der Waals surface area contributed by atoms with Crippen molar-refractivity contribution in [2.75, 3.05) is 26.3 Å². The van der Waals surface area contributed by atoms with Crippen molar-refractivity contribution in [3.63, 3.8) is 0 Å². The van der Waals surface area contributed by atoms with Crippen molar-refractivity contribution in [3.8, 4) is 5.75 Å². The molecule has 2 amide bonds. The Morgan fingerprint density at radius 2 is 1.92 bits per heavy atom. The summed E-state index contributed by atoms with van der Waals surface area (Å²) in [6.07, 6.45) is 7.93. The van der Waals surface area contributed by atoms with Crippen molar-refractivity contribution < 1.29 is 29.3 Å². The Labute approximate surface area is 212 Å². The fourth-order valence-electron chi connectivity index (χ4n) is 6.36. The summed E-state index contributed by atoms with van der Waals surface area (Å²) in [5, 5.41) is 23.6. The normalized spacial score (nSPS) is 29.3. The fraction of sp³-hybridized carbons (Fsp3) is 0.643. The monoisotopic (exact) mass is 498 g/mol. The molecule has 2 heterocycles. The van der Waals surface area contributed by atoms with Crippen LogP contribution in [0.15, 0.2) is 35.9 Å². The number of carbonyl (C=O) groups is 2. The molecule has 5 atom stereocenters. The third kappa shape index (κ3) is 5.17. The van der Waals surface area contributed by atoms with Crippen molar-refractivity contribution >= 4 is 11.8 Å². The van der Waals surface area contributed by atoms with Crippen molar-refractivity contribution in [1.29, 1.82) is 0 Å². The van der Waals surface area contributed by atoms with Crippen LogP contribution in [-0.2, 0) is 14.3 Å². The summed E-state index contributed by atoms with van der Waals surface area (Å²) in [7, 11) is 0. The Morgan fingerprint density at radius 3 is 2.67 bits per heavy atom. The lowest BCUT2D eigenvalue weighted by Crippen LogP contribution is -2.57. The van der Waals surface area contributed by atoms with E-state index in [4.69, 9.17) is 9.47 Å². The van der Waals surface area contributed by atoms with Crippen LogP contribution in [0.3, 0.4) is 0 Å². The van der Waals surface area contributed by atoms with E-state index in [-0.39, 0.29) is 31.1 Å². The van der Waals surface area contributed by atoms with Crippen LogP contribution in [0.5, 0.6) is 5.75 Å². The Kier molecular flexibility index (Phi) is 7.93. The Morgan fingerprint density at radius 1 is 1.11 bits per heavy atom. The summed E-state index contributed by atoms with van der Waals surface area (Å²) in [5.41, 5.74) is 1.32. The second-order valence-corrected chi connectivity index (χ2v) is 10.6. The molecule has 0 aromatic heterocycles. The Bertz CT molecular complexity index is 969. The van der Waals surface area contributed by atoms with E-state index in [0.717, 1.165) is 24.8 Å². The maximum atomic E-state index is 13.6. The third-order valence-electron chi connectivity index (χ3n) is 8.22. The van der Waals surface area contributed by atoms with Gasteiger partial charge in [-0.2, -0.15) is 0 Å². The molecule has 36 heavy (non-hydrogen) atoms. The molecule has 1 saturated heterocycles. The Balaban J connectivity index is 1.45. The molecule has 1 aromatic carbocycles. The van der Waals surface area contributed by atoms with Crippen LogP contribution in [0, 0.1) is 5.92 Å². The Hall–Kier alpha value is -2.42. The lowest BCUT2D eigenvalue weighted by atomic mass is 9.77. The zero-order chi connectivity index (χ0) is 25.1. The summed E-state index contributed by atoms with van der Waals surface area (Å²) in [6.45, 7) is 1.02. The minimum absolute atomic E-state index is 0.0122. The molecule has 2 aliphatic heterocycles. The first-order valence-corrected chi connectivity index (χ1v) is 13.5. The van der Waals surface area contributed by atoms with Gasteiger partial charge in [-0.25, -0.2) is 0 Å². The van der Waals surface area contributed by atoms with Gasteiger partial charge in [-0.05, 0) is 37.3 Å². The van der Waals surface area contributed by atoms with E-state index in [1.54, 1.807) is 11.0 Å². The number of aliphatic hydroxyl groups excluding tert-OH is 2. The second kappa shape index (κ2) is 11.3. The zero-order valence-corrected chi connectivity index (χ0v) is 20.8. The number of ether oxygens (including phenoxy) is 2. The van der Waals surface area contributed by atoms with Crippen molar-refractivity contribution in [3.05, 3.63) is 41.5 Å². The number of aliphatic hydroxyl groups is 2. The second-order valence-electron chi connectivity index (χ2n) is 10.6. The van der Waals surface area contributed by atoms with Gasteiger partial charge in [0.15, 0.2) is 0 Å². The summed E-state index contributed by atoms with van der Waals surface area (Å²) < 4.78 is 12.1. The van der Waals surface area contributed by atoms with E-state index in [2.05, 4.69) is 5.32 Å². The molecule has 1 aromatic rings. The van der Waals surface area contributed by atoms with Gasteiger partial charge in [0.1, 0.15) is 18.0 Å². The lowest BCUT2D eigenvalue weighted by Gasteiger charge is -2.41. The smallest absolute Gasteiger partial charge is 0.247 e. The van der Waals surface area contributed by atoms with Crippen molar-refractivity contribution in [1.82, 2.24) is 10.2 Å². The van der Waals surface area contributed by atoms with E-state index >= 15 is 0 Å². The SMILES string of the molecule is O=C(NCCO)C1=CC(N(CC2CCCO2)C(=O)CCC2CCCC2)C(O)C2Oc3ccccc3C12. The number of carbonyl (C=O) groups excluding carboxylic acids is 2. The van der Waals surface area contributed by atoms with E-state index in [1.807, 2.05) is 24.3 Å². The first kappa shape index (κ1) is 25.2. The van der Waals surface area contributed by atoms with Crippen LogP contribution < -0.4 is 10.1 Å². The van der Waals surface area contributed by atoms with Gasteiger partial charge in [-0.1, -0.05) is 43.9 Å². The molecule has 2 aliphatic carbocycles. The van der Waals surface area contributed by atoms with Gasteiger partial charge >= 0.3 is 0 Å². The molecule has 2 fully saturated rings. The largest absolute Gasteiger partial charge is 0.486 e. The highest BCUT2D eigenvalue weighted by Crippen LogP contribution is 2.47. The van der Waals surface area contributed by atoms with Gasteiger partial charge in [0.05, 0.1) is 24.7 Å². The van der Waals surface area contributed by atoms with Gasteiger partial charge in [-0.3, -0.25) is 9.59 Å². The molecule has 8 heteroatoms. The molecule has 5 rings (SSSR count). The summed E-state index contributed by atoms with van der Waals surface area (Å²) in [5.74, 6) is 0.464. The van der Waals surface area contributed by atoms with Crippen LogP contribution >= 0.6 is 0 Å². The number of rotatable bonds is 9. The quantitative estimate of drug-likeness (QED) is 0.482. The first-order chi connectivity index (χ1) is 17.6. The van der Waals surface area contributed by atoms with Crippen LogP contribution in [0.25, 0.3) is 0 Å². The van der Waals surface area contributed by atoms with Crippen molar-refractivity contribution in [2.24, 2.45) is 5.92 Å². The van der Waals surface area contributed by atoms with E-state index in [1.165, 1.54) is 25.7 Å². The van der Waals surface area contributed by atoms with Gasteiger partial charge in [0.25, 0.3) is 0 Å². The number of nitrogens with zero attached hydrogens (tertiary/aromatic N) is 1. The molecule has 0 bridgehead atoms.